The maximum Gasteiger partial charge on any atom is 0.106 e. The van der Waals surface area contributed by atoms with E-state index in [1.165, 1.54) is 10.4 Å². The molecule has 0 bridgehead atoms. The normalized spacial score (nSPS) is 27.3. The van der Waals surface area contributed by atoms with Crippen LogP contribution in [0.1, 0.15) is 34.9 Å². The molecule has 4 heterocycles. The van der Waals surface area contributed by atoms with Gasteiger partial charge in [-0.1, -0.05) is 11.6 Å². The van der Waals surface area contributed by atoms with Gasteiger partial charge in [0.15, 0.2) is 0 Å². The number of rotatable bonds is 3. The molecule has 0 saturated carbocycles. The topological polar surface area (TPSA) is 59.3 Å². The van der Waals surface area contributed by atoms with Gasteiger partial charge >= 0.3 is 0 Å². The van der Waals surface area contributed by atoms with E-state index in [2.05, 4.69) is 16.5 Å². The molecule has 0 aromatic carbocycles. The number of fused-ring (bicyclic) bond motifs is 2. The number of aliphatic hydroxyl groups is 1. The summed E-state index contributed by atoms with van der Waals surface area (Å²) >= 11 is 7.92. The first kappa shape index (κ1) is 15.6. The predicted molar refractivity (Wildman–Crippen MR) is 90.0 cm³/mol. The zero-order chi connectivity index (χ0) is 15.9. The molecule has 2 N–H and O–H groups in total. The third kappa shape index (κ3) is 2.83. The van der Waals surface area contributed by atoms with E-state index in [0.717, 1.165) is 42.3 Å². The summed E-state index contributed by atoms with van der Waals surface area (Å²) < 4.78 is 8.93. The minimum Gasteiger partial charge on any atom is -0.394 e. The molecule has 2 aliphatic rings. The van der Waals surface area contributed by atoms with E-state index in [1.54, 1.807) is 16.0 Å². The highest BCUT2D eigenvalue weighted by Crippen LogP contribution is 2.48. The van der Waals surface area contributed by atoms with Crippen molar-refractivity contribution in [3.63, 3.8) is 0 Å². The molecule has 124 valence electrons. The first-order valence-corrected chi connectivity index (χ1v) is 9.19. The van der Waals surface area contributed by atoms with E-state index in [-0.39, 0.29) is 18.2 Å². The number of aliphatic hydroxyl groups excluding tert-OH is 1. The van der Waals surface area contributed by atoms with Crippen LogP contribution >= 0.6 is 22.9 Å². The van der Waals surface area contributed by atoms with Gasteiger partial charge in [0.2, 0.25) is 0 Å². The summed E-state index contributed by atoms with van der Waals surface area (Å²) in [4.78, 5) is 1.31. The first-order valence-electron chi connectivity index (χ1n) is 7.99. The second-order valence-corrected chi connectivity index (χ2v) is 7.90. The van der Waals surface area contributed by atoms with Crippen molar-refractivity contribution in [1.82, 2.24) is 15.1 Å². The van der Waals surface area contributed by atoms with E-state index in [9.17, 15) is 0 Å². The molecule has 23 heavy (non-hydrogen) atoms. The van der Waals surface area contributed by atoms with E-state index in [1.807, 2.05) is 12.4 Å². The minimum absolute atomic E-state index is 0.101. The van der Waals surface area contributed by atoms with Crippen LogP contribution in [-0.4, -0.2) is 34.6 Å². The Morgan fingerprint density at radius 3 is 3.35 bits per heavy atom. The molecular weight excluding hydrogens is 334 g/mol. The summed E-state index contributed by atoms with van der Waals surface area (Å²) in [5.41, 5.74) is 2.28. The highest BCUT2D eigenvalue weighted by molar-refractivity contribution is 7.16. The van der Waals surface area contributed by atoms with Gasteiger partial charge < -0.3 is 15.2 Å². The van der Waals surface area contributed by atoms with Gasteiger partial charge in [0.05, 0.1) is 30.3 Å². The number of nitrogens with zero attached hydrogens (tertiary/aromatic N) is 2. The SMILES string of the molecule is OCCn1cc(C2CC3(CCN2)OCCc2cc(Cl)sc23)cn1. The van der Waals surface area contributed by atoms with Gasteiger partial charge in [-0.2, -0.15) is 5.10 Å². The van der Waals surface area contributed by atoms with E-state index >= 15 is 0 Å². The highest BCUT2D eigenvalue weighted by atomic mass is 35.5. The number of nitrogens with one attached hydrogen (secondary N) is 1. The molecule has 0 radical (unpaired) electrons. The third-order valence-corrected chi connectivity index (χ3v) is 6.27. The Morgan fingerprint density at radius 2 is 2.48 bits per heavy atom. The van der Waals surface area contributed by atoms with Gasteiger partial charge in [-0.3, -0.25) is 4.68 Å². The Hall–Kier alpha value is -0.920. The summed E-state index contributed by atoms with van der Waals surface area (Å²) in [6.07, 6.45) is 6.71. The summed E-state index contributed by atoms with van der Waals surface area (Å²) in [5, 5.41) is 16.9. The Kier molecular flexibility index (Phi) is 4.19. The van der Waals surface area contributed by atoms with Crippen LogP contribution in [0.2, 0.25) is 4.34 Å². The Morgan fingerprint density at radius 1 is 1.57 bits per heavy atom. The molecule has 1 spiro atoms. The highest BCUT2D eigenvalue weighted by Gasteiger charge is 2.44. The lowest BCUT2D eigenvalue weighted by Crippen LogP contribution is -2.45. The first-order chi connectivity index (χ1) is 11.2. The fourth-order valence-corrected chi connectivity index (χ4v) is 5.18. The number of halogens is 1. The monoisotopic (exact) mass is 353 g/mol. The summed E-state index contributed by atoms with van der Waals surface area (Å²) in [6.45, 7) is 2.30. The van der Waals surface area contributed by atoms with Crippen LogP contribution in [0.15, 0.2) is 18.5 Å². The van der Waals surface area contributed by atoms with Crippen LogP contribution in [-0.2, 0) is 23.3 Å². The van der Waals surface area contributed by atoms with Gasteiger partial charge in [-0.25, -0.2) is 0 Å². The van der Waals surface area contributed by atoms with Crippen molar-refractivity contribution < 1.29 is 9.84 Å². The smallest absolute Gasteiger partial charge is 0.106 e. The molecule has 1 saturated heterocycles. The zero-order valence-corrected chi connectivity index (χ0v) is 14.4. The quantitative estimate of drug-likeness (QED) is 0.890. The second-order valence-electron chi connectivity index (χ2n) is 6.22. The molecule has 0 aliphatic carbocycles. The molecule has 5 nitrogen and oxygen atoms in total. The van der Waals surface area contributed by atoms with E-state index in [0.29, 0.717) is 6.54 Å². The van der Waals surface area contributed by atoms with Crippen LogP contribution in [0.25, 0.3) is 0 Å². The number of hydrogen-bond acceptors (Lipinski definition) is 5. The Labute approximate surface area is 144 Å². The van der Waals surface area contributed by atoms with Gasteiger partial charge in [0.1, 0.15) is 5.60 Å². The van der Waals surface area contributed by atoms with Crippen LogP contribution in [0.3, 0.4) is 0 Å². The molecule has 1 fully saturated rings. The van der Waals surface area contributed by atoms with Gasteiger partial charge in [0, 0.05) is 29.1 Å². The molecule has 4 rings (SSSR count). The van der Waals surface area contributed by atoms with Crippen LogP contribution in [0.5, 0.6) is 0 Å². The second kappa shape index (κ2) is 6.18. The maximum atomic E-state index is 9.04. The van der Waals surface area contributed by atoms with Gasteiger partial charge in [-0.05, 0) is 31.0 Å². The van der Waals surface area contributed by atoms with Gasteiger partial charge in [-0.15, -0.1) is 11.3 Å². The number of thiophene rings is 1. The lowest BCUT2D eigenvalue weighted by molar-refractivity contribution is -0.0868. The zero-order valence-electron chi connectivity index (χ0n) is 12.8. The molecule has 2 unspecified atom stereocenters. The average Bonchev–Trinajstić information content (AvgIpc) is 3.15. The van der Waals surface area contributed by atoms with Crippen molar-refractivity contribution in [2.75, 3.05) is 19.8 Å². The van der Waals surface area contributed by atoms with Crippen LogP contribution in [0.4, 0.5) is 0 Å². The number of piperidine rings is 1. The third-order valence-electron chi connectivity index (χ3n) is 4.78. The summed E-state index contributed by atoms with van der Waals surface area (Å²) in [5.74, 6) is 0. The predicted octanol–water partition coefficient (Wildman–Crippen LogP) is 2.48. The minimum atomic E-state index is -0.222. The van der Waals surface area contributed by atoms with Crippen molar-refractivity contribution in [1.29, 1.82) is 0 Å². The van der Waals surface area contributed by atoms with E-state index in [4.69, 9.17) is 21.4 Å². The molecule has 0 amide bonds. The molecule has 2 aliphatic heterocycles. The maximum absolute atomic E-state index is 9.04. The lowest BCUT2D eigenvalue weighted by Gasteiger charge is -2.43. The van der Waals surface area contributed by atoms with Crippen molar-refractivity contribution in [3.8, 4) is 0 Å². The van der Waals surface area contributed by atoms with Crippen LogP contribution in [0, 0.1) is 0 Å². The largest absolute Gasteiger partial charge is 0.394 e. The Balaban J connectivity index is 1.62. The molecule has 2 aromatic heterocycles. The fraction of sp³-hybridized carbons (Fsp3) is 0.562. The summed E-state index contributed by atoms with van der Waals surface area (Å²) in [6, 6.07) is 2.31. The summed E-state index contributed by atoms with van der Waals surface area (Å²) in [7, 11) is 0. The lowest BCUT2D eigenvalue weighted by atomic mass is 9.81. The van der Waals surface area contributed by atoms with Crippen LogP contribution < -0.4 is 5.32 Å². The molecule has 2 atom stereocenters. The van der Waals surface area contributed by atoms with Crippen molar-refractivity contribution in [3.05, 3.63) is 38.8 Å². The molecule has 2 aromatic rings. The standard InChI is InChI=1S/C16H20ClN3O2S/c17-14-7-11-1-6-22-16(15(11)23-14)2-3-18-13(8-16)12-9-19-20(10-12)4-5-21/h7,9-10,13,18,21H,1-6,8H2. The number of ether oxygens (including phenoxy) is 1. The van der Waals surface area contributed by atoms with E-state index < -0.39 is 0 Å². The number of aromatic nitrogens is 2. The number of hydrogen-bond donors (Lipinski definition) is 2. The van der Waals surface area contributed by atoms with Crippen molar-refractivity contribution in [2.45, 2.75) is 37.5 Å². The molecular formula is C16H20ClN3O2S. The molecule has 7 heteroatoms. The Bertz CT molecular complexity index is 701. The van der Waals surface area contributed by atoms with Crippen molar-refractivity contribution in [2.24, 2.45) is 0 Å². The van der Waals surface area contributed by atoms with Gasteiger partial charge in [0.25, 0.3) is 0 Å². The van der Waals surface area contributed by atoms with Crippen molar-refractivity contribution >= 4 is 22.9 Å². The fourth-order valence-electron chi connectivity index (χ4n) is 3.70. The average molecular weight is 354 g/mol.